The monoisotopic (exact) mass is 343 g/mol. The van der Waals surface area contributed by atoms with E-state index in [0.29, 0.717) is 18.9 Å². The number of rotatable bonds is 4. The van der Waals surface area contributed by atoms with Crippen LogP contribution in [0, 0.1) is 0 Å². The van der Waals surface area contributed by atoms with Crippen LogP contribution in [0.4, 0.5) is 5.95 Å². The molecule has 0 bridgehead atoms. The van der Waals surface area contributed by atoms with Gasteiger partial charge < -0.3 is 19.9 Å². The van der Waals surface area contributed by atoms with E-state index in [1.54, 1.807) is 4.57 Å². The van der Waals surface area contributed by atoms with E-state index in [9.17, 15) is 4.79 Å². The van der Waals surface area contributed by atoms with E-state index in [1.807, 2.05) is 30.3 Å². The maximum Gasteiger partial charge on any atom is 0.280 e. The molecule has 1 aromatic carbocycles. The number of nitrogens with zero attached hydrogens (tertiary/aromatic N) is 3. The first-order chi connectivity index (χ1) is 12.2. The quantitative estimate of drug-likeness (QED) is 0.719. The summed E-state index contributed by atoms with van der Waals surface area (Å²) in [6.45, 7) is 0.977. The molecule has 3 N–H and O–H groups in total. The molecule has 0 atom stereocenters. The zero-order valence-electron chi connectivity index (χ0n) is 13.3. The fourth-order valence-corrected chi connectivity index (χ4v) is 2.64. The van der Waals surface area contributed by atoms with Crippen molar-refractivity contribution in [2.24, 2.45) is 0 Å². The molecule has 1 aliphatic heterocycles. The molecule has 0 amide bonds. The number of hydrogen-bond acceptors (Lipinski definition) is 7. The maximum absolute atomic E-state index is 11.8. The van der Waals surface area contributed by atoms with Gasteiger partial charge >= 0.3 is 0 Å². The van der Waals surface area contributed by atoms with Gasteiger partial charge in [0.15, 0.2) is 17.5 Å². The number of ether oxygens (including phenoxy) is 3. The summed E-state index contributed by atoms with van der Waals surface area (Å²) in [4.78, 5) is 22.3. The van der Waals surface area contributed by atoms with Crippen LogP contribution < -0.4 is 11.3 Å². The molecule has 9 nitrogen and oxygen atoms in total. The molecule has 4 rings (SSSR count). The summed E-state index contributed by atoms with van der Waals surface area (Å²) in [7, 11) is 0. The highest BCUT2D eigenvalue weighted by atomic mass is 16.7. The molecule has 0 saturated carbocycles. The third kappa shape index (κ3) is 3.25. The van der Waals surface area contributed by atoms with Crippen molar-refractivity contribution in [1.82, 2.24) is 19.5 Å². The number of nitrogens with one attached hydrogen (secondary N) is 1. The van der Waals surface area contributed by atoms with Gasteiger partial charge in [-0.15, -0.1) is 0 Å². The molecule has 0 radical (unpaired) electrons. The van der Waals surface area contributed by atoms with E-state index in [0.717, 1.165) is 5.56 Å². The number of anilines is 1. The third-order valence-electron chi connectivity index (χ3n) is 3.88. The second-order valence-electron chi connectivity index (χ2n) is 5.66. The molecule has 1 fully saturated rings. The van der Waals surface area contributed by atoms with E-state index in [-0.39, 0.29) is 36.1 Å². The van der Waals surface area contributed by atoms with Crippen molar-refractivity contribution in [3.05, 3.63) is 52.6 Å². The summed E-state index contributed by atoms with van der Waals surface area (Å²) >= 11 is 0. The minimum atomic E-state index is -0.379. The summed E-state index contributed by atoms with van der Waals surface area (Å²) in [5.41, 5.74) is 6.76. The highest BCUT2D eigenvalue weighted by molar-refractivity contribution is 5.70. The van der Waals surface area contributed by atoms with Crippen molar-refractivity contribution >= 4 is 17.1 Å². The summed E-state index contributed by atoms with van der Waals surface area (Å²) in [6, 6.07) is 9.73. The van der Waals surface area contributed by atoms with Crippen molar-refractivity contribution < 1.29 is 14.2 Å². The zero-order chi connectivity index (χ0) is 17.2. The Kier molecular flexibility index (Phi) is 4.18. The minimum Gasteiger partial charge on any atom is -0.369 e. The number of fused-ring (bicyclic) bond motifs is 1. The van der Waals surface area contributed by atoms with Gasteiger partial charge in [-0.25, -0.2) is 4.98 Å². The predicted molar refractivity (Wildman–Crippen MR) is 88.5 cm³/mol. The van der Waals surface area contributed by atoms with Gasteiger partial charge in [0.25, 0.3) is 5.56 Å². The summed E-state index contributed by atoms with van der Waals surface area (Å²) in [6.07, 6.45) is 0.885. The van der Waals surface area contributed by atoms with Crippen LogP contribution in [0.3, 0.4) is 0 Å². The first-order valence-corrected chi connectivity index (χ1v) is 7.81. The molecule has 9 heteroatoms. The van der Waals surface area contributed by atoms with Gasteiger partial charge in [-0.2, -0.15) is 4.98 Å². The van der Waals surface area contributed by atoms with Crippen LogP contribution in [-0.2, 0) is 20.9 Å². The number of H-pyrrole nitrogens is 1. The molecule has 0 unspecified atom stereocenters. The van der Waals surface area contributed by atoms with E-state index in [4.69, 9.17) is 19.9 Å². The highest BCUT2D eigenvalue weighted by Gasteiger charge is 2.24. The molecule has 130 valence electrons. The lowest BCUT2D eigenvalue weighted by Gasteiger charge is -2.29. The fourth-order valence-electron chi connectivity index (χ4n) is 2.64. The average molecular weight is 343 g/mol. The maximum atomic E-state index is 11.8. The van der Waals surface area contributed by atoms with Crippen LogP contribution in [0.1, 0.15) is 11.9 Å². The number of nitrogens with two attached hydrogens (primary N) is 1. The van der Waals surface area contributed by atoms with Crippen LogP contribution in [0.15, 0.2) is 41.5 Å². The Balaban J connectivity index is 1.38. The van der Waals surface area contributed by atoms with Crippen LogP contribution in [0.5, 0.6) is 0 Å². The lowest BCUT2D eigenvalue weighted by molar-refractivity contribution is -0.236. The lowest BCUT2D eigenvalue weighted by atomic mass is 10.2. The summed E-state index contributed by atoms with van der Waals surface area (Å²) < 4.78 is 18.8. The average Bonchev–Trinajstić information content (AvgIpc) is 3.04. The van der Waals surface area contributed by atoms with Gasteiger partial charge in [0.2, 0.25) is 5.95 Å². The van der Waals surface area contributed by atoms with E-state index >= 15 is 0 Å². The molecule has 2 aromatic heterocycles. The number of benzene rings is 1. The first-order valence-electron chi connectivity index (χ1n) is 7.81. The van der Waals surface area contributed by atoms with Crippen LogP contribution in [-0.4, -0.2) is 38.8 Å². The largest absolute Gasteiger partial charge is 0.369 e. The number of aromatic amines is 1. The molecule has 0 spiro atoms. The Bertz CT molecular complexity index is 915. The second-order valence-corrected chi connectivity index (χ2v) is 5.66. The number of nitrogen functional groups attached to an aromatic ring is 1. The van der Waals surface area contributed by atoms with Gasteiger partial charge in [0.05, 0.1) is 19.5 Å². The van der Waals surface area contributed by atoms with E-state index < -0.39 is 0 Å². The van der Waals surface area contributed by atoms with Gasteiger partial charge in [0.1, 0.15) is 12.8 Å². The molecule has 1 saturated heterocycles. The smallest absolute Gasteiger partial charge is 0.280 e. The normalized spacial score (nSPS) is 20.8. The van der Waals surface area contributed by atoms with Gasteiger partial charge in [-0.05, 0) is 0 Å². The molecular formula is C16H17N5O4. The van der Waals surface area contributed by atoms with Crippen molar-refractivity contribution in [2.45, 2.75) is 19.1 Å². The predicted octanol–water partition coefficient (Wildman–Crippen LogP) is 0.790. The molecular weight excluding hydrogens is 326 g/mol. The van der Waals surface area contributed by atoms with E-state index in [1.165, 1.54) is 6.33 Å². The SMILES string of the molecule is Nc1nc2c(ncn2COC2COC(c3ccccc3)OC2)c(=O)[nH]1. The lowest BCUT2D eigenvalue weighted by Crippen LogP contribution is -2.34. The third-order valence-corrected chi connectivity index (χ3v) is 3.88. The molecule has 3 aromatic rings. The highest BCUT2D eigenvalue weighted by Crippen LogP contribution is 2.23. The van der Waals surface area contributed by atoms with Crippen molar-refractivity contribution in [1.29, 1.82) is 0 Å². The van der Waals surface area contributed by atoms with Crippen molar-refractivity contribution in [3.63, 3.8) is 0 Å². The number of hydrogen-bond donors (Lipinski definition) is 2. The zero-order valence-corrected chi connectivity index (χ0v) is 13.3. The Labute approximate surface area is 142 Å². The Morgan fingerprint density at radius 2 is 2.04 bits per heavy atom. The van der Waals surface area contributed by atoms with Gasteiger partial charge in [-0.1, -0.05) is 30.3 Å². The molecule has 0 aliphatic carbocycles. The second kappa shape index (κ2) is 6.63. The molecule has 1 aliphatic rings. The van der Waals surface area contributed by atoms with Crippen molar-refractivity contribution in [3.8, 4) is 0 Å². The Hall–Kier alpha value is -2.75. The minimum absolute atomic E-state index is 0.0364. The first kappa shape index (κ1) is 15.8. The van der Waals surface area contributed by atoms with Crippen LogP contribution >= 0.6 is 0 Å². The van der Waals surface area contributed by atoms with Crippen LogP contribution in [0.25, 0.3) is 11.2 Å². The van der Waals surface area contributed by atoms with Crippen molar-refractivity contribution in [2.75, 3.05) is 18.9 Å². The summed E-state index contributed by atoms with van der Waals surface area (Å²) in [5, 5.41) is 0. The fraction of sp³-hybridized carbons (Fsp3) is 0.312. The van der Waals surface area contributed by atoms with E-state index in [2.05, 4.69) is 15.0 Å². The van der Waals surface area contributed by atoms with Gasteiger partial charge in [0, 0.05) is 5.56 Å². The Morgan fingerprint density at radius 1 is 1.28 bits per heavy atom. The van der Waals surface area contributed by atoms with Crippen LogP contribution in [0.2, 0.25) is 0 Å². The summed E-state index contributed by atoms with van der Waals surface area (Å²) in [5.74, 6) is 0.0364. The number of aromatic nitrogens is 4. The molecule has 25 heavy (non-hydrogen) atoms. The Morgan fingerprint density at radius 3 is 2.80 bits per heavy atom. The van der Waals surface area contributed by atoms with Gasteiger partial charge in [-0.3, -0.25) is 14.3 Å². The standard InChI is InChI=1S/C16H17N5O4/c17-16-19-13-12(14(22)20-16)18-8-21(13)9-25-11-6-23-15(24-7-11)10-4-2-1-3-5-10/h1-5,8,11,15H,6-7,9H2,(H3,17,19,20,22). The molecule has 3 heterocycles. The number of imidazole rings is 1. The topological polar surface area (TPSA) is 117 Å².